The number of aromatic nitrogens is 2. The third kappa shape index (κ3) is 3.63. The largest absolute Gasteiger partial charge is 0.380 e. The summed E-state index contributed by atoms with van der Waals surface area (Å²) < 4.78 is 7.36. The number of ether oxygens (including phenoxy) is 1. The summed E-state index contributed by atoms with van der Waals surface area (Å²) in [4.78, 5) is 20.7. The molecule has 0 spiro atoms. The molecule has 6 nitrogen and oxygen atoms in total. The number of hydrogen-bond acceptors (Lipinski definition) is 4. The summed E-state index contributed by atoms with van der Waals surface area (Å²) in [6.45, 7) is 5.75. The number of nitrogens with zero attached hydrogens (tertiary/aromatic N) is 4. The summed E-state index contributed by atoms with van der Waals surface area (Å²) in [5.74, 6) is -0.0244. The highest BCUT2D eigenvalue weighted by atomic mass is 16.5. The highest BCUT2D eigenvalue weighted by Crippen LogP contribution is 2.19. The predicted octanol–water partition coefficient (Wildman–Crippen LogP) is 1.26. The smallest absolute Gasteiger partial charge is 0.273 e. The van der Waals surface area contributed by atoms with Crippen LogP contribution in [0.5, 0.6) is 0 Å². The van der Waals surface area contributed by atoms with Gasteiger partial charge in [-0.1, -0.05) is 0 Å². The molecular weight excluding hydrogens is 268 g/mol. The fraction of sp³-hybridized carbons (Fsp3) is 0.733. The zero-order chi connectivity index (χ0) is 15.6. The molecule has 1 aliphatic rings. The molecule has 1 aromatic heterocycles. The van der Waals surface area contributed by atoms with Gasteiger partial charge in [-0.2, -0.15) is 0 Å². The van der Waals surface area contributed by atoms with Gasteiger partial charge in [0, 0.05) is 45.5 Å². The van der Waals surface area contributed by atoms with Crippen molar-refractivity contribution in [3.63, 3.8) is 0 Å². The van der Waals surface area contributed by atoms with E-state index in [-0.39, 0.29) is 12.0 Å². The molecule has 2 heterocycles. The van der Waals surface area contributed by atoms with Crippen LogP contribution in [0.1, 0.15) is 36.8 Å². The Kier molecular flexibility index (Phi) is 5.00. The Bertz CT molecular complexity index is 486. The Labute approximate surface area is 126 Å². The molecule has 1 fully saturated rings. The van der Waals surface area contributed by atoms with E-state index in [0.717, 1.165) is 13.0 Å². The molecule has 21 heavy (non-hydrogen) atoms. The predicted molar refractivity (Wildman–Crippen MR) is 81.4 cm³/mol. The number of amides is 1. The molecule has 2 rings (SSSR count). The first-order valence-electron chi connectivity index (χ1n) is 7.44. The minimum absolute atomic E-state index is 0.0244. The third-order valence-corrected chi connectivity index (χ3v) is 4.23. The normalized spacial score (nSPS) is 23.0. The molecule has 118 valence electrons. The molecule has 0 unspecified atom stereocenters. The zero-order valence-electron chi connectivity index (χ0n) is 13.6. The maximum absolute atomic E-state index is 12.4. The molecule has 0 aliphatic carbocycles. The van der Waals surface area contributed by atoms with Crippen LogP contribution in [0.15, 0.2) is 12.5 Å². The minimum Gasteiger partial charge on any atom is -0.380 e. The van der Waals surface area contributed by atoms with Crippen LogP contribution in [0.3, 0.4) is 0 Å². The van der Waals surface area contributed by atoms with Gasteiger partial charge in [-0.3, -0.25) is 9.69 Å². The van der Waals surface area contributed by atoms with Crippen molar-refractivity contribution in [2.24, 2.45) is 0 Å². The third-order valence-electron chi connectivity index (χ3n) is 4.23. The van der Waals surface area contributed by atoms with E-state index in [9.17, 15) is 4.79 Å². The van der Waals surface area contributed by atoms with Crippen LogP contribution in [0, 0.1) is 0 Å². The van der Waals surface area contributed by atoms with Crippen LogP contribution >= 0.6 is 0 Å². The second-order valence-corrected chi connectivity index (χ2v) is 6.17. The van der Waals surface area contributed by atoms with Crippen LogP contribution in [0.2, 0.25) is 0 Å². The van der Waals surface area contributed by atoms with Gasteiger partial charge in [0.2, 0.25) is 0 Å². The summed E-state index contributed by atoms with van der Waals surface area (Å²) in [5.41, 5.74) is 0.509. The topological polar surface area (TPSA) is 50.6 Å². The van der Waals surface area contributed by atoms with Crippen molar-refractivity contribution in [1.82, 2.24) is 19.4 Å². The van der Waals surface area contributed by atoms with Crippen molar-refractivity contribution < 1.29 is 9.53 Å². The molecule has 6 heteroatoms. The number of imidazole rings is 1. The van der Waals surface area contributed by atoms with Gasteiger partial charge in [0.1, 0.15) is 5.69 Å². The lowest BCUT2D eigenvalue weighted by molar-refractivity contribution is 0.0755. The number of hydrogen-bond donors (Lipinski definition) is 0. The number of likely N-dealkylation sites (N-methyl/N-ethyl adjacent to an activating group) is 2. The molecule has 0 bridgehead atoms. The average molecular weight is 294 g/mol. The quantitative estimate of drug-likeness (QED) is 0.820. The van der Waals surface area contributed by atoms with Crippen molar-refractivity contribution in [2.75, 3.05) is 34.3 Å². The summed E-state index contributed by atoms with van der Waals surface area (Å²) >= 11 is 0. The first kappa shape index (κ1) is 16.0. The summed E-state index contributed by atoms with van der Waals surface area (Å²) in [6, 6.07) is 0.656. The lowest BCUT2D eigenvalue weighted by atomic mass is 10.2. The fourth-order valence-electron chi connectivity index (χ4n) is 2.74. The number of likely N-dealkylation sites (tertiary alicyclic amines) is 1. The van der Waals surface area contributed by atoms with Gasteiger partial charge in [0.15, 0.2) is 0 Å². The Hall–Kier alpha value is -1.40. The molecule has 1 saturated heterocycles. The molecule has 1 aromatic rings. The molecule has 0 saturated carbocycles. The molecule has 2 atom stereocenters. The lowest BCUT2D eigenvalue weighted by Gasteiger charge is -2.25. The van der Waals surface area contributed by atoms with Crippen molar-refractivity contribution in [2.45, 2.75) is 38.5 Å². The Morgan fingerprint density at radius 1 is 1.57 bits per heavy atom. The summed E-state index contributed by atoms with van der Waals surface area (Å²) in [5, 5.41) is 0. The van der Waals surface area contributed by atoms with Gasteiger partial charge < -0.3 is 14.2 Å². The highest BCUT2D eigenvalue weighted by molar-refractivity contribution is 5.91. The number of methoxy groups -OCH3 is 1. The number of carbonyl (C=O) groups excluding carboxylic acids is 1. The Balaban J connectivity index is 1.96. The molecule has 0 N–H and O–H groups in total. The lowest BCUT2D eigenvalue weighted by Crippen LogP contribution is -2.39. The fourth-order valence-corrected chi connectivity index (χ4v) is 2.74. The SMILES string of the molecule is CO[C@H]1C[C@@H](CN(C)C(=O)c2cn(C(C)C)cn2)N(C)C1. The monoisotopic (exact) mass is 294 g/mol. The molecule has 1 aliphatic heterocycles. The Morgan fingerprint density at radius 3 is 2.81 bits per heavy atom. The average Bonchev–Trinajstić information content (AvgIpc) is 3.05. The van der Waals surface area contributed by atoms with E-state index in [4.69, 9.17) is 4.74 Å². The second kappa shape index (κ2) is 6.58. The summed E-state index contributed by atoms with van der Waals surface area (Å²) in [6.07, 6.45) is 4.77. The minimum atomic E-state index is -0.0244. The first-order valence-corrected chi connectivity index (χ1v) is 7.44. The van der Waals surface area contributed by atoms with Crippen LogP contribution in [0.25, 0.3) is 0 Å². The van der Waals surface area contributed by atoms with Crippen LogP contribution in [0.4, 0.5) is 0 Å². The van der Waals surface area contributed by atoms with Gasteiger partial charge in [-0.05, 0) is 27.3 Å². The van der Waals surface area contributed by atoms with E-state index in [2.05, 4.69) is 30.8 Å². The maximum Gasteiger partial charge on any atom is 0.273 e. The van der Waals surface area contributed by atoms with E-state index in [1.807, 2.05) is 17.8 Å². The molecule has 0 aromatic carbocycles. The molecular formula is C15H26N4O2. The van der Waals surface area contributed by atoms with Gasteiger partial charge >= 0.3 is 0 Å². The van der Waals surface area contributed by atoms with Crippen LogP contribution < -0.4 is 0 Å². The summed E-state index contributed by atoms with van der Waals surface area (Å²) in [7, 11) is 5.66. The van der Waals surface area contributed by atoms with Crippen molar-refractivity contribution in [1.29, 1.82) is 0 Å². The maximum atomic E-state index is 12.4. The highest BCUT2D eigenvalue weighted by Gasteiger charge is 2.31. The Morgan fingerprint density at radius 2 is 2.29 bits per heavy atom. The van der Waals surface area contributed by atoms with E-state index < -0.39 is 0 Å². The van der Waals surface area contributed by atoms with Crippen molar-refractivity contribution >= 4 is 5.91 Å². The van der Waals surface area contributed by atoms with E-state index in [1.165, 1.54) is 0 Å². The van der Waals surface area contributed by atoms with Crippen LogP contribution in [-0.2, 0) is 4.74 Å². The first-order chi connectivity index (χ1) is 9.92. The number of rotatable bonds is 5. The number of carbonyl (C=O) groups is 1. The van der Waals surface area contributed by atoms with E-state index in [0.29, 0.717) is 24.3 Å². The molecule has 1 amide bonds. The van der Waals surface area contributed by atoms with Gasteiger partial charge in [-0.25, -0.2) is 4.98 Å². The second-order valence-electron chi connectivity index (χ2n) is 6.17. The van der Waals surface area contributed by atoms with E-state index in [1.54, 1.807) is 18.3 Å². The molecule has 0 radical (unpaired) electrons. The van der Waals surface area contributed by atoms with Gasteiger partial charge in [-0.15, -0.1) is 0 Å². The standard InChI is InChI=1S/C15H26N4O2/c1-11(2)19-9-14(16-10-19)15(20)18(4)7-12-6-13(21-5)8-17(12)3/h9-13H,6-8H2,1-5H3/t12-,13-/m0/s1. The zero-order valence-corrected chi connectivity index (χ0v) is 13.6. The van der Waals surface area contributed by atoms with Crippen LogP contribution in [-0.4, -0.2) is 71.7 Å². The van der Waals surface area contributed by atoms with Gasteiger partial charge in [0.25, 0.3) is 5.91 Å². The van der Waals surface area contributed by atoms with Crippen molar-refractivity contribution in [3.8, 4) is 0 Å². The van der Waals surface area contributed by atoms with E-state index >= 15 is 0 Å². The van der Waals surface area contributed by atoms with Crippen molar-refractivity contribution in [3.05, 3.63) is 18.2 Å². The van der Waals surface area contributed by atoms with Gasteiger partial charge in [0.05, 0.1) is 12.4 Å².